The van der Waals surface area contributed by atoms with Gasteiger partial charge in [0.2, 0.25) is 50.2 Å². The summed E-state index contributed by atoms with van der Waals surface area (Å²) in [6, 6.07) is 49.2. The molecule has 100 heavy (non-hydrogen) atoms. The van der Waals surface area contributed by atoms with Gasteiger partial charge in [-0.3, -0.25) is 4.48 Å². The summed E-state index contributed by atoms with van der Waals surface area (Å²) < 4.78 is 76.5. The zero-order valence-corrected chi connectivity index (χ0v) is 60.1. The Balaban J connectivity index is 0.000000155. The summed E-state index contributed by atoms with van der Waals surface area (Å²) >= 11 is 0. The van der Waals surface area contributed by atoms with Gasteiger partial charge in [-0.25, -0.2) is 14.4 Å². The zero-order valence-electron chi connectivity index (χ0n) is 58.5. The third-order valence-corrected chi connectivity index (χ3v) is 16.8. The Kier molecular flexibility index (Phi) is 23.4. The van der Waals surface area contributed by atoms with Gasteiger partial charge in [-0.1, -0.05) is 66.7 Å². The number of halogens is 1. The second-order valence-corrected chi connectivity index (χ2v) is 24.0. The van der Waals surface area contributed by atoms with Crippen molar-refractivity contribution in [1.29, 1.82) is 0 Å². The van der Waals surface area contributed by atoms with E-state index >= 15 is 0 Å². The van der Waals surface area contributed by atoms with E-state index in [0.717, 1.165) is 73.0 Å². The molecule has 0 spiro atoms. The van der Waals surface area contributed by atoms with Crippen LogP contribution in [0.25, 0.3) is 44.5 Å². The van der Waals surface area contributed by atoms with Crippen LogP contribution in [-0.2, 0) is 16.0 Å². The van der Waals surface area contributed by atoms with E-state index in [4.69, 9.17) is 66.3 Å². The molecule has 0 amide bonds. The number of aryl methyl sites for hydroxylation is 1. The van der Waals surface area contributed by atoms with Gasteiger partial charge in [-0.15, -0.1) is 0 Å². The van der Waals surface area contributed by atoms with E-state index in [-0.39, 0.29) is 49.7 Å². The average molecular weight is 1430 g/mol. The maximum Gasteiger partial charge on any atom is 0.338 e. The number of carbonyl (C=O) groups excluding carboxylic acids is 2. The van der Waals surface area contributed by atoms with Crippen molar-refractivity contribution < 1.29 is 103 Å². The molecule has 0 bridgehead atoms. The van der Waals surface area contributed by atoms with Crippen molar-refractivity contribution in [1.82, 2.24) is 4.48 Å². The number of aromatic carboxylic acids is 1. The number of hydrogen-bond donors (Lipinski definition) is 1. The highest BCUT2D eigenvalue weighted by Gasteiger charge is 2.33. The SMILES string of the molecule is COC(=O)c1cc2c(c(OC)c1-c1ccc(N(C)C)cc1)OCO2.COC(=O)c1cc2c(c(OC)c1-c1ccc(N(C)C)cc1)OCO2.COc1c2c(cc(C(=O)O)c1-c1ccc(N(C)C)cc1)OCO2.COc1c2c(cc(C)c1-c1ccc([N+](C)(C)Cc3ccccc3)cc1)OCO2.[Br-]. The predicted octanol–water partition coefficient (Wildman–Crippen LogP) is 10.9. The lowest BCUT2D eigenvalue weighted by atomic mass is 9.97. The number of hydrogen-bond acceptors (Lipinski definition) is 20. The van der Waals surface area contributed by atoms with Crippen molar-refractivity contribution in [2.45, 2.75) is 13.5 Å². The number of carboxylic acid groups (broad SMARTS) is 1. The molecule has 13 rings (SSSR count). The van der Waals surface area contributed by atoms with Gasteiger partial charge in [0, 0.05) is 87.2 Å². The molecule has 4 heterocycles. The van der Waals surface area contributed by atoms with Crippen LogP contribution < -0.4 is 93.0 Å². The van der Waals surface area contributed by atoms with Gasteiger partial charge >= 0.3 is 17.9 Å². The van der Waals surface area contributed by atoms with E-state index < -0.39 is 17.9 Å². The van der Waals surface area contributed by atoms with E-state index in [2.05, 4.69) is 75.6 Å². The molecular weight excluding hydrogens is 1350 g/mol. The summed E-state index contributed by atoms with van der Waals surface area (Å²) in [6.07, 6.45) is 0. The minimum absolute atomic E-state index is 0. The fourth-order valence-electron chi connectivity index (χ4n) is 11.8. The quantitative estimate of drug-likeness (QED) is 0.0663. The van der Waals surface area contributed by atoms with Gasteiger partial charge in [-0.05, 0) is 120 Å². The number of anilines is 3. The summed E-state index contributed by atoms with van der Waals surface area (Å²) in [5, 5.41) is 9.56. The first-order valence-corrected chi connectivity index (χ1v) is 31.4. The molecule has 0 fully saturated rings. The van der Waals surface area contributed by atoms with Crippen LogP contribution in [-0.4, -0.2) is 149 Å². The molecule has 23 heteroatoms. The molecular formula is C77H81BrN4O18. The number of esters is 2. The number of ether oxygens (including phenoxy) is 14. The normalized spacial score (nSPS) is 12.2. The van der Waals surface area contributed by atoms with E-state index in [0.29, 0.717) is 85.3 Å². The molecule has 9 aromatic rings. The molecule has 1 N–H and O–H groups in total. The standard InChI is InChI=1S/C24H26NO3.2C18H19NO5.C17H17NO5.BrH/c1-17-14-21-23(28-16-27-21)24(26-4)22(17)19-10-12-20(13-11-19)25(2,3)15-18-8-6-5-7-9-18;2*1-19(2)12-7-5-11(6-8-12)15-13(18(20)22-4)9-14-16(17(15)21-3)24-10-23-14;1-18(2)11-6-4-10(5-7-11)14-12(17(19)20)8-13-15(16(14)21-3)23-9-22-13;/h5-14H,15-16H2,1-4H3;2*5-9H,10H2,1-4H3;4-8H,9H2,1-3H3,(H,19,20);1H/q+1;;;;/p-1. The monoisotopic (exact) mass is 1430 g/mol. The largest absolute Gasteiger partial charge is 1.00 e. The molecule has 524 valence electrons. The molecule has 0 aromatic heterocycles. The second-order valence-electron chi connectivity index (χ2n) is 24.0. The fourth-order valence-corrected chi connectivity index (χ4v) is 11.8. The molecule has 0 aliphatic carbocycles. The summed E-state index contributed by atoms with van der Waals surface area (Å²) in [6.45, 7) is 3.48. The van der Waals surface area contributed by atoms with Gasteiger partial charge in [-0.2, -0.15) is 0 Å². The minimum atomic E-state index is -1.05. The van der Waals surface area contributed by atoms with Crippen LogP contribution in [0.3, 0.4) is 0 Å². The van der Waals surface area contributed by atoms with Crippen molar-refractivity contribution in [3.05, 3.63) is 179 Å². The number of carboxylic acids is 1. The highest BCUT2D eigenvalue weighted by Crippen LogP contribution is 2.53. The number of fused-ring (bicyclic) bond motifs is 4. The van der Waals surface area contributed by atoms with E-state index in [1.807, 2.05) is 136 Å². The highest BCUT2D eigenvalue weighted by molar-refractivity contribution is 6.03. The fraction of sp³-hybridized carbons (Fsp3) is 0.260. The van der Waals surface area contributed by atoms with Crippen LogP contribution in [0.4, 0.5) is 22.7 Å². The lowest BCUT2D eigenvalue weighted by molar-refractivity contribution is -0.0000676. The minimum Gasteiger partial charge on any atom is -1.00 e. The first-order chi connectivity index (χ1) is 47.6. The van der Waals surface area contributed by atoms with Crippen molar-refractivity contribution in [3.8, 4) is 114 Å². The van der Waals surface area contributed by atoms with Crippen LogP contribution in [0.1, 0.15) is 42.2 Å². The molecule has 4 aliphatic heterocycles. The van der Waals surface area contributed by atoms with Crippen molar-refractivity contribution in [3.63, 3.8) is 0 Å². The van der Waals surface area contributed by atoms with Crippen LogP contribution in [0.2, 0.25) is 0 Å². The Morgan fingerprint density at radius 3 is 1.03 bits per heavy atom. The number of carbonyl (C=O) groups is 3. The second kappa shape index (κ2) is 32.0. The molecule has 0 atom stereocenters. The highest BCUT2D eigenvalue weighted by atomic mass is 79.9. The predicted molar refractivity (Wildman–Crippen MR) is 379 cm³/mol. The molecule has 22 nitrogen and oxygen atoms in total. The summed E-state index contributed by atoms with van der Waals surface area (Å²) in [5.41, 5.74) is 13.9. The van der Waals surface area contributed by atoms with Crippen molar-refractivity contribution in [2.24, 2.45) is 0 Å². The summed E-state index contributed by atoms with van der Waals surface area (Å²) in [5.74, 6) is 4.25. The Bertz CT molecular complexity index is 4260. The molecule has 0 unspecified atom stereocenters. The number of rotatable bonds is 17. The first-order valence-electron chi connectivity index (χ1n) is 31.4. The lowest BCUT2D eigenvalue weighted by Gasteiger charge is -2.29. The number of methoxy groups -OCH3 is 6. The first kappa shape index (κ1) is 73.1. The molecule has 9 aromatic carbocycles. The van der Waals surface area contributed by atoms with Gasteiger partial charge in [0.25, 0.3) is 0 Å². The third kappa shape index (κ3) is 15.4. The Hall–Kier alpha value is -11.2. The zero-order chi connectivity index (χ0) is 70.8. The van der Waals surface area contributed by atoms with Gasteiger partial charge in [0.1, 0.15) is 12.2 Å². The van der Waals surface area contributed by atoms with Gasteiger partial charge in [0.15, 0.2) is 46.0 Å². The molecule has 0 saturated carbocycles. The Labute approximate surface area is 592 Å². The lowest BCUT2D eigenvalue weighted by Crippen LogP contribution is -3.00. The maximum absolute atomic E-state index is 12.3. The maximum atomic E-state index is 12.3. The van der Waals surface area contributed by atoms with Crippen LogP contribution in [0.15, 0.2) is 152 Å². The Morgan fingerprint density at radius 1 is 0.410 bits per heavy atom. The number of quaternary nitrogens is 1. The molecule has 0 radical (unpaired) electrons. The molecule has 0 saturated heterocycles. The van der Waals surface area contributed by atoms with Crippen LogP contribution in [0.5, 0.6) is 69.0 Å². The van der Waals surface area contributed by atoms with E-state index in [1.54, 1.807) is 19.2 Å². The average Bonchev–Trinajstić information content (AvgIpc) is 1.26. The van der Waals surface area contributed by atoms with Gasteiger partial charge < -0.3 is 103 Å². The van der Waals surface area contributed by atoms with Crippen LogP contribution >= 0.6 is 0 Å². The smallest absolute Gasteiger partial charge is 0.338 e. The topological polar surface area (TPSA) is 210 Å². The molecule has 4 aliphatic rings. The summed E-state index contributed by atoms with van der Waals surface area (Å²) in [7, 11) is 25.1. The van der Waals surface area contributed by atoms with E-state index in [9.17, 15) is 19.5 Å². The Morgan fingerprint density at radius 2 is 0.710 bits per heavy atom. The van der Waals surface area contributed by atoms with Crippen molar-refractivity contribution >= 4 is 40.7 Å². The van der Waals surface area contributed by atoms with Crippen molar-refractivity contribution in [2.75, 3.05) is 141 Å². The number of benzene rings is 9. The van der Waals surface area contributed by atoms with Gasteiger partial charge in [0.05, 0.1) is 73.4 Å². The summed E-state index contributed by atoms with van der Waals surface area (Å²) in [4.78, 5) is 42.2. The number of nitrogens with zero attached hydrogens (tertiary/aromatic N) is 4. The van der Waals surface area contributed by atoms with E-state index in [1.165, 1.54) is 52.9 Å². The van der Waals surface area contributed by atoms with Crippen LogP contribution in [0, 0.1) is 6.92 Å². The third-order valence-electron chi connectivity index (χ3n) is 16.8.